The number of rotatable bonds is 12. The van der Waals surface area contributed by atoms with Crippen LogP contribution < -0.4 is 0 Å². The molecular formula is C22H28O7S3. The van der Waals surface area contributed by atoms with Crippen LogP contribution >= 0.6 is 35.3 Å². The Kier molecular flexibility index (Phi) is 10.7. The van der Waals surface area contributed by atoms with Crippen molar-refractivity contribution >= 4 is 46.9 Å². The lowest BCUT2D eigenvalue weighted by Gasteiger charge is -2.25. The highest BCUT2D eigenvalue weighted by atomic mass is 32.2. The molecule has 0 radical (unpaired) electrons. The molecule has 32 heavy (non-hydrogen) atoms. The van der Waals surface area contributed by atoms with Gasteiger partial charge in [0.05, 0.1) is 40.7 Å². The van der Waals surface area contributed by atoms with Gasteiger partial charge in [0, 0.05) is 28.1 Å². The second kappa shape index (κ2) is 12.7. The number of phenols is 2. The summed E-state index contributed by atoms with van der Waals surface area (Å²) in [4.78, 5) is 26.8. The van der Waals surface area contributed by atoms with E-state index in [9.17, 15) is 35.1 Å². The monoisotopic (exact) mass is 500 g/mol. The van der Waals surface area contributed by atoms with Crippen molar-refractivity contribution < 1.29 is 35.1 Å². The van der Waals surface area contributed by atoms with Crippen LogP contribution in [0.15, 0.2) is 33.1 Å². The second-order valence-corrected chi connectivity index (χ2v) is 10.7. The van der Waals surface area contributed by atoms with Crippen molar-refractivity contribution in [2.45, 2.75) is 35.3 Å². The number of carbonyl (C=O) groups excluding carboxylic acids is 2. The van der Waals surface area contributed by atoms with Gasteiger partial charge in [-0.15, -0.1) is 23.5 Å². The van der Waals surface area contributed by atoms with E-state index in [-0.39, 0.29) is 57.8 Å². The molecule has 1 aromatic carbocycles. The number of aliphatic hydroxyl groups is 3. The number of hydrogen-bond acceptors (Lipinski definition) is 10. The van der Waals surface area contributed by atoms with Gasteiger partial charge >= 0.3 is 0 Å². The Morgan fingerprint density at radius 3 is 1.94 bits per heavy atom. The van der Waals surface area contributed by atoms with E-state index in [2.05, 4.69) is 0 Å². The van der Waals surface area contributed by atoms with Gasteiger partial charge in [-0.1, -0.05) is 11.6 Å². The number of phenolic OH excluding ortho intramolecular Hbond substituents is 2. The fourth-order valence-electron chi connectivity index (χ4n) is 3.19. The number of fused-ring (bicyclic) bond motifs is 1. The number of aliphatic hydroxyl groups excluding tert-OH is 3. The Bertz CT molecular complexity index is 921. The second-order valence-electron chi connectivity index (χ2n) is 7.14. The van der Waals surface area contributed by atoms with Crippen LogP contribution in [-0.2, 0) is 0 Å². The summed E-state index contributed by atoms with van der Waals surface area (Å²) in [7, 11) is 0. The molecule has 0 amide bonds. The molecule has 0 saturated carbocycles. The van der Waals surface area contributed by atoms with Crippen LogP contribution in [0.4, 0.5) is 0 Å². The van der Waals surface area contributed by atoms with Gasteiger partial charge in [-0.05, 0) is 26.3 Å². The molecular weight excluding hydrogens is 472 g/mol. The number of Topliss-reactive ketones (excluding diaryl/α,β-unsaturated/α-hetero) is 1. The zero-order valence-corrected chi connectivity index (χ0v) is 20.4. The summed E-state index contributed by atoms with van der Waals surface area (Å²) in [5.41, 5.74) is 0.759. The predicted molar refractivity (Wildman–Crippen MR) is 130 cm³/mol. The van der Waals surface area contributed by atoms with Crippen molar-refractivity contribution in [2.75, 3.05) is 37.1 Å². The molecule has 0 aliphatic heterocycles. The quantitative estimate of drug-likeness (QED) is 0.166. The Hall–Kier alpha value is -1.43. The third-order valence-electron chi connectivity index (χ3n) is 4.55. The van der Waals surface area contributed by atoms with E-state index < -0.39 is 28.3 Å². The highest BCUT2D eigenvalue weighted by Crippen LogP contribution is 2.50. The van der Waals surface area contributed by atoms with Crippen LogP contribution in [0.2, 0.25) is 0 Å². The average Bonchev–Trinajstić information content (AvgIpc) is 2.75. The molecule has 0 heterocycles. The van der Waals surface area contributed by atoms with Gasteiger partial charge < -0.3 is 25.5 Å². The SMILES string of the molecule is CC(C)=CCC(SCCO)C1=CC(=O)c2c(O)c(SCCO)c(SCCO)c(O)c2C1=O. The van der Waals surface area contributed by atoms with E-state index >= 15 is 0 Å². The molecule has 0 saturated heterocycles. The van der Waals surface area contributed by atoms with Crippen LogP contribution in [0.1, 0.15) is 41.0 Å². The van der Waals surface area contributed by atoms with E-state index in [0.717, 1.165) is 29.1 Å². The van der Waals surface area contributed by atoms with Crippen LogP contribution in [0.5, 0.6) is 11.5 Å². The highest BCUT2D eigenvalue weighted by Gasteiger charge is 2.37. The summed E-state index contributed by atoms with van der Waals surface area (Å²) in [5.74, 6) is -1.15. The molecule has 0 fully saturated rings. The molecule has 7 nitrogen and oxygen atoms in total. The molecule has 1 aromatic rings. The summed E-state index contributed by atoms with van der Waals surface area (Å²) < 4.78 is 0. The van der Waals surface area contributed by atoms with Crippen molar-refractivity contribution in [2.24, 2.45) is 0 Å². The molecule has 176 valence electrons. The number of ketones is 2. The number of carbonyl (C=O) groups is 2. The largest absolute Gasteiger partial charge is 0.506 e. The third kappa shape index (κ3) is 6.12. The summed E-state index contributed by atoms with van der Waals surface area (Å²) in [6, 6.07) is 0. The number of hydrogen-bond donors (Lipinski definition) is 5. The zero-order chi connectivity index (χ0) is 23.8. The maximum absolute atomic E-state index is 13.4. The Morgan fingerprint density at radius 1 is 0.906 bits per heavy atom. The van der Waals surface area contributed by atoms with E-state index in [1.165, 1.54) is 17.8 Å². The van der Waals surface area contributed by atoms with Gasteiger partial charge in [-0.2, -0.15) is 11.8 Å². The first-order chi connectivity index (χ1) is 15.3. The van der Waals surface area contributed by atoms with Gasteiger partial charge in [0.25, 0.3) is 0 Å². The van der Waals surface area contributed by atoms with Crippen molar-refractivity contribution in [1.82, 2.24) is 0 Å². The summed E-state index contributed by atoms with van der Waals surface area (Å²) >= 11 is 3.46. The molecule has 0 spiro atoms. The lowest BCUT2D eigenvalue weighted by molar-refractivity contribution is 0.0976. The molecule has 1 aliphatic rings. The maximum atomic E-state index is 13.4. The molecule has 1 atom stereocenters. The van der Waals surface area contributed by atoms with E-state index in [4.69, 9.17) is 0 Å². The normalized spacial score (nSPS) is 14.2. The Labute approximate surface area is 200 Å². The summed E-state index contributed by atoms with van der Waals surface area (Å²) in [6.07, 6.45) is 3.62. The average molecular weight is 501 g/mol. The number of benzene rings is 1. The number of allylic oxidation sites excluding steroid dienone is 3. The van der Waals surface area contributed by atoms with Gasteiger partial charge in [-0.25, -0.2) is 0 Å². The predicted octanol–water partition coefficient (Wildman–Crippen LogP) is 3.02. The Morgan fingerprint density at radius 2 is 1.44 bits per heavy atom. The van der Waals surface area contributed by atoms with Crippen molar-refractivity contribution in [3.05, 3.63) is 34.4 Å². The summed E-state index contributed by atoms with van der Waals surface area (Å²) in [6.45, 7) is 3.39. The minimum atomic E-state index is -0.584. The molecule has 0 aromatic heterocycles. The van der Waals surface area contributed by atoms with Crippen molar-refractivity contribution in [3.8, 4) is 11.5 Å². The third-order valence-corrected chi connectivity index (χ3v) is 8.10. The first-order valence-corrected chi connectivity index (χ1v) is 13.1. The molecule has 2 rings (SSSR count). The minimum absolute atomic E-state index is 0.0819. The van der Waals surface area contributed by atoms with Crippen LogP contribution in [-0.4, -0.2) is 79.4 Å². The lowest BCUT2D eigenvalue weighted by atomic mass is 9.86. The van der Waals surface area contributed by atoms with E-state index in [1.807, 2.05) is 19.9 Å². The van der Waals surface area contributed by atoms with Crippen LogP contribution in [0, 0.1) is 0 Å². The fraction of sp³-hybridized carbons (Fsp3) is 0.455. The van der Waals surface area contributed by atoms with Gasteiger partial charge in [0.1, 0.15) is 11.5 Å². The van der Waals surface area contributed by atoms with E-state index in [1.54, 1.807) is 0 Å². The molecule has 0 bridgehead atoms. The van der Waals surface area contributed by atoms with Crippen molar-refractivity contribution in [1.29, 1.82) is 0 Å². The smallest absolute Gasteiger partial charge is 0.194 e. The van der Waals surface area contributed by atoms with Gasteiger partial charge in [-0.3, -0.25) is 9.59 Å². The fourth-order valence-corrected chi connectivity index (χ4v) is 6.04. The molecule has 10 heteroatoms. The molecule has 1 unspecified atom stereocenters. The Balaban J connectivity index is 2.62. The number of aromatic hydroxyl groups is 2. The summed E-state index contributed by atoms with van der Waals surface area (Å²) in [5, 5.41) is 49.1. The highest BCUT2D eigenvalue weighted by molar-refractivity contribution is 8.02. The molecule has 1 aliphatic carbocycles. The lowest BCUT2D eigenvalue weighted by Crippen LogP contribution is -2.24. The minimum Gasteiger partial charge on any atom is -0.506 e. The van der Waals surface area contributed by atoms with E-state index in [0.29, 0.717) is 12.2 Å². The topological polar surface area (TPSA) is 135 Å². The van der Waals surface area contributed by atoms with Crippen molar-refractivity contribution in [3.63, 3.8) is 0 Å². The number of thioether (sulfide) groups is 3. The zero-order valence-electron chi connectivity index (χ0n) is 18.0. The van der Waals surface area contributed by atoms with Crippen LogP contribution in [0.25, 0.3) is 0 Å². The van der Waals surface area contributed by atoms with Gasteiger partial charge in [0.2, 0.25) is 0 Å². The maximum Gasteiger partial charge on any atom is 0.194 e. The standard InChI is InChI=1S/C22H28O7S3/c1-12(2)3-4-15(30-8-5-23)13-11-14(26)16-17(18(13)27)20(29)22(32-10-7-25)21(19(16)28)31-9-6-24/h3,11,15,23-25,28-29H,4-10H2,1-2H3. The van der Waals surface area contributed by atoms with Gasteiger partial charge in [0.15, 0.2) is 11.6 Å². The van der Waals surface area contributed by atoms with Crippen LogP contribution in [0.3, 0.4) is 0 Å². The first kappa shape index (κ1) is 26.8. The first-order valence-electron chi connectivity index (χ1n) is 10.0. The molecule has 5 N–H and O–H groups in total.